The molecule has 6 rings (SSSR count). The predicted octanol–water partition coefficient (Wildman–Crippen LogP) is 3.74. The molecule has 15 heteroatoms. The van der Waals surface area contributed by atoms with Crippen LogP contribution in [0.15, 0.2) is 35.5 Å². The second kappa shape index (κ2) is 10.6. The van der Waals surface area contributed by atoms with Gasteiger partial charge < -0.3 is 10.2 Å². The van der Waals surface area contributed by atoms with Gasteiger partial charge in [0.2, 0.25) is 10.0 Å². The van der Waals surface area contributed by atoms with Gasteiger partial charge in [-0.05, 0) is 63.7 Å². The van der Waals surface area contributed by atoms with Crippen LogP contribution in [0.25, 0.3) is 16.3 Å². The number of imidazole rings is 1. The molecule has 42 heavy (non-hydrogen) atoms. The molecule has 5 heterocycles. The summed E-state index contributed by atoms with van der Waals surface area (Å²) in [6, 6.07) is 4.42. The first kappa shape index (κ1) is 28.5. The van der Waals surface area contributed by atoms with Crippen molar-refractivity contribution in [1.29, 1.82) is 0 Å². The van der Waals surface area contributed by atoms with Crippen molar-refractivity contribution >= 4 is 32.7 Å². The highest BCUT2D eigenvalue weighted by molar-refractivity contribution is 7.89. The molecule has 2 fully saturated rings. The molecule has 1 aliphatic carbocycles. The molecule has 2 atom stereocenters. The van der Waals surface area contributed by atoms with E-state index in [1.165, 1.54) is 22.7 Å². The first-order valence-electron chi connectivity index (χ1n) is 13.3. The zero-order valence-corrected chi connectivity index (χ0v) is 24.5. The van der Waals surface area contributed by atoms with E-state index >= 15 is 0 Å². The highest BCUT2D eigenvalue weighted by Crippen LogP contribution is 2.38. The first-order chi connectivity index (χ1) is 19.9. The van der Waals surface area contributed by atoms with Gasteiger partial charge in [0, 0.05) is 36.9 Å². The number of nitrogens with zero attached hydrogens (tertiary/aromatic N) is 6. The van der Waals surface area contributed by atoms with Crippen LogP contribution in [-0.4, -0.2) is 63.7 Å². The molecule has 1 aliphatic heterocycles. The molecule has 4 aromatic heterocycles. The molecule has 220 valence electrons. The molecule has 0 bridgehead atoms. The summed E-state index contributed by atoms with van der Waals surface area (Å²) in [5.74, 6) is 5.24. The Hall–Kier alpha value is -3.58. The number of alkyl halides is 2. The summed E-state index contributed by atoms with van der Waals surface area (Å²) >= 11 is 0.672. The van der Waals surface area contributed by atoms with Gasteiger partial charge in [0.1, 0.15) is 27.8 Å². The SMILES string of the molecule is C[C@H]1CN(c2cc(S(=O)(=O)NC3(C)CC3)cn3c(-c4nnc(C(F)F)s4)c(C#Cc4ccc(F)cn4)nc23)C[C@H](C)N1. The van der Waals surface area contributed by atoms with Gasteiger partial charge >= 0.3 is 0 Å². The molecule has 0 unspecified atom stereocenters. The number of nitrogens with one attached hydrogen (secondary N) is 2. The molecule has 0 spiro atoms. The van der Waals surface area contributed by atoms with Gasteiger partial charge in [-0.25, -0.2) is 36.3 Å². The molecule has 1 saturated heterocycles. The van der Waals surface area contributed by atoms with Crippen molar-refractivity contribution < 1.29 is 21.6 Å². The van der Waals surface area contributed by atoms with Crippen LogP contribution in [0, 0.1) is 17.7 Å². The summed E-state index contributed by atoms with van der Waals surface area (Å²) in [4.78, 5) is 10.8. The van der Waals surface area contributed by atoms with E-state index in [1.54, 1.807) is 6.07 Å². The Labute approximate surface area is 244 Å². The fraction of sp³-hybridized carbons (Fsp3) is 0.407. The largest absolute Gasteiger partial charge is 0.365 e. The number of hydrogen-bond acceptors (Lipinski definition) is 9. The van der Waals surface area contributed by atoms with Crippen LogP contribution in [0.3, 0.4) is 0 Å². The van der Waals surface area contributed by atoms with Gasteiger partial charge in [-0.1, -0.05) is 11.3 Å². The maximum Gasteiger partial charge on any atom is 0.291 e. The predicted molar refractivity (Wildman–Crippen MR) is 151 cm³/mol. The van der Waals surface area contributed by atoms with Crippen molar-refractivity contribution in [2.45, 2.75) is 62.6 Å². The third kappa shape index (κ3) is 5.71. The number of aromatic nitrogens is 5. The highest BCUT2D eigenvalue weighted by atomic mass is 32.2. The fourth-order valence-electron chi connectivity index (χ4n) is 4.96. The molecule has 0 radical (unpaired) electrons. The number of piperazine rings is 1. The van der Waals surface area contributed by atoms with Crippen molar-refractivity contribution in [2.24, 2.45) is 0 Å². The lowest BCUT2D eigenvalue weighted by molar-refractivity contribution is 0.150. The summed E-state index contributed by atoms with van der Waals surface area (Å²) in [7, 11) is -3.97. The van der Waals surface area contributed by atoms with Crippen molar-refractivity contribution in [2.75, 3.05) is 18.0 Å². The lowest BCUT2D eigenvalue weighted by atomic mass is 10.1. The summed E-state index contributed by atoms with van der Waals surface area (Å²) in [5, 5.41) is 10.7. The van der Waals surface area contributed by atoms with E-state index in [1.807, 2.05) is 20.8 Å². The van der Waals surface area contributed by atoms with E-state index in [-0.39, 0.29) is 39.1 Å². The third-order valence-electron chi connectivity index (χ3n) is 7.13. The van der Waals surface area contributed by atoms with Crippen LogP contribution in [0.4, 0.5) is 18.9 Å². The second-order valence-corrected chi connectivity index (χ2v) is 13.7. The van der Waals surface area contributed by atoms with Gasteiger partial charge in [-0.2, -0.15) is 0 Å². The van der Waals surface area contributed by atoms with Crippen LogP contribution in [0.1, 0.15) is 56.4 Å². The van der Waals surface area contributed by atoms with E-state index in [2.05, 4.69) is 42.0 Å². The average Bonchev–Trinajstić information content (AvgIpc) is 3.30. The van der Waals surface area contributed by atoms with Crippen LogP contribution < -0.4 is 14.9 Å². The second-order valence-electron chi connectivity index (χ2n) is 11.0. The lowest BCUT2D eigenvalue weighted by Crippen LogP contribution is -2.54. The normalized spacial score (nSPS) is 20.1. The molecule has 0 aromatic carbocycles. The smallest absolute Gasteiger partial charge is 0.291 e. The quantitative estimate of drug-likeness (QED) is 0.315. The summed E-state index contributed by atoms with van der Waals surface area (Å²) in [6.45, 7) is 7.06. The summed E-state index contributed by atoms with van der Waals surface area (Å²) in [5.41, 5.74) is 1.05. The van der Waals surface area contributed by atoms with Gasteiger partial charge in [0.25, 0.3) is 6.43 Å². The zero-order chi connectivity index (χ0) is 29.8. The molecule has 0 amide bonds. The fourth-order valence-corrected chi connectivity index (χ4v) is 7.19. The Morgan fingerprint density at radius 1 is 1.17 bits per heavy atom. The van der Waals surface area contributed by atoms with Gasteiger partial charge in [-0.15, -0.1) is 10.2 Å². The van der Waals surface area contributed by atoms with Crippen molar-refractivity contribution in [1.82, 2.24) is 34.6 Å². The topological polar surface area (TPSA) is 117 Å². The average molecular weight is 617 g/mol. The van der Waals surface area contributed by atoms with Crippen LogP contribution in [0.5, 0.6) is 0 Å². The molecule has 4 aromatic rings. The Morgan fingerprint density at radius 2 is 1.90 bits per heavy atom. The molecular weight excluding hydrogens is 589 g/mol. The number of sulfonamides is 1. The molecule has 2 aliphatic rings. The van der Waals surface area contributed by atoms with E-state index in [4.69, 9.17) is 4.98 Å². The Balaban J connectivity index is 1.60. The Bertz CT molecular complexity index is 1820. The van der Waals surface area contributed by atoms with Gasteiger partial charge in [-0.3, -0.25) is 4.40 Å². The maximum absolute atomic E-state index is 13.6. The van der Waals surface area contributed by atoms with E-state index < -0.39 is 32.8 Å². The van der Waals surface area contributed by atoms with Crippen molar-refractivity contribution in [3.63, 3.8) is 0 Å². The number of fused-ring (bicyclic) bond motifs is 1. The monoisotopic (exact) mass is 616 g/mol. The highest BCUT2D eigenvalue weighted by Gasteiger charge is 2.42. The first-order valence-corrected chi connectivity index (χ1v) is 15.6. The third-order valence-corrected chi connectivity index (χ3v) is 9.67. The Kier molecular flexibility index (Phi) is 7.20. The minimum Gasteiger partial charge on any atom is -0.365 e. The number of hydrogen-bond donors (Lipinski definition) is 2. The summed E-state index contributed by atoms with van der Waals surface area (Å²) in [6.07, 6.45) is 1.05. The number of anilines is 1. The van der Waals surface area contributed by atoms with Crippen LogP contribution in [0.2, 0.25) is 0 Å². The molecule has 1 saturated carbocycles. The maximum atomic E-state index is 13.6. The minimum absolute atomic E-state index is 0.00563. The molecule has 10 nitrogen and oxygen atoms in total. The minimum atomic E-state index is -3.97. The standard InChI is InChI=1S/C27H27F3N8O2S2/c1-15-12-37(13-16(2)32-15)21-10-19(42(39,40)36-27(3)8-9-27)14-38-22(25-34-35-26(41-25)23(29)30)20(33-24(21)38)7-6-18-5-4-17(28)11-31-18/h4-5,10-11,14-16,23,32,36H,8-9,12-13H2,1-3H3/t15-,16-/m0/s1. The van der Waals surface area contributed by atoms with Crippen molar-refractivity contribution in [3.05, 3.63) is 52.8 Å². The lowest BCUT2D eigenvalue weighted by Gasteiger charge is -2.37. The van der Waals surface area contributed by atoms with E-state index in [0.29, 0.717) is 35.8 Å². The van der Waals surface area contributed by atoms with Crippen molar-refractivity contribution in [3.8, 4) is 22.5 Å². The van der Waals surface area contributed by atoms with Gasteiger partial charge in [0.05, 0.1) is 11.9 Å². The van der Waals surface area contributed by atoms with E-state index in [0.717, 1.165) is 19.0 Å². The summed E-state index contributed by atoms with van der Waals surface area (Å²) < 4.78 is 72.0. The van der Waals surface area contributed by atoms with Crippen LogP contribution in [-0.2, 0) is 10.0 Å². The molecule has 2 N–H and O–H groups in total. The van der Waals surface area contributed by atoms with Gasteiger partial charge in [0.15, 0.2) is 15.7 Å². The number of rotatable bonds is 6. The number of pyridine rings is 2. The Morgan fingerprint density at radius 3 is 2.52 bits per heavy atom. The molecular formula is C27H27F3N8O2S2. The van der Waals surface area contributed by atoms with E-state index in [9.17, 15) is 21.6 Å². The van der Waals surface area contributed by atoms with Crippen LogP contribution >= 0.6 is 11.3 Å². The zero-order valence-electron chi connectivity index (χ0n) is 22.9. The number of halogens is 3.